The van der Waals surface area contributed by atoms with Crippen LogP contribution in [0.3, 0.4) is 0 Å². The molecule has 438 valence electrons. The second kappa shape index (κ2) is 37.6. The molecule has 0 spiro atoms. The Morgan fingerprint density at radius 1 is 0.518 bits per heavy atom. The van der Waals surface area contributed by atoms with E-state index in [2.05, 4.69) is 123 Å². The number of nitrogens with two attached hydrogens (primary N) is 1. The van der Waals surface area contributed by atoms with Crippen LogP contribution < -0.4 is 31.2 Å². The molecular formula is C71H88N6O6. The van der Waals surface area contributed by atoms with Gasteiger partial charge in [0.15, 0.2) is 0 Å². The zero-order valence-electron chi connectivity index (χ0n) is 48.5. The van der Waals surface area contributed by atoms with Crippen LogP contribution in [-0.4, -0.2) is 90.6 Å². The van der Waals surface area contributed by atoms with E-state index in [-0.39, 0.29) is 36.6 Å². The average Bonchev–Trinajstić information content (AvgIpc) is 4.40. The van der Waals surface area contributed by atoms with Gasteiger partial charge in [-0.05, 0) is 180 Å². The van der Waals surface area contributed by atoms with E-state index in [1.807, 2.05) is 84.9 Å². The van der Waals surface area contributed by atoms with Crippen LogP contribution in [0.5, 0.6) is 11.5 Å². The SMILES string of the molecule is NCCCC(=O)NC(CCCc1ccccc1)CCCc1ccccc1.O=C(CCCCNC[C@@H](O)COc1cccc2ncccc12)NC(CCCc1ccccc1)CCCc1ccccc1.c1cc(OC[C@@H]2CO2)c2cccnc2c1. The first kappa shape index (κ1) is 63.1. The van der Waals surface area contributed by atoms with Crippen LogP contribution in [-0.2, 0) is 40.0 Å². The van der Waals surface area contributed by atoms with Crippen molar-refractivity contribution in [3.8, 4) is 11.5 Å². The predicted octanol–water partition coefficient (Wildman–Crippen LogP) is 12.5. The molecule has 6 aromatic carbocycles. The van der Waals surface area contributed by atoms with Gasteiger partial charge in [0, 0.05) is 54.6 Å². The van der Waals surface area contributed by atoms with E-state index in [0.717, 1.165) is 143 Å². The molecule has 2 atom stereocenters. The van der Waals surface area contributed by atoms with E-state index in [1.165, 1.54) is 22.3 Å². The number of hydrogen-bond donors (Lipinski definition) is 5. The number of aliphatic hydroxyl groups excluding tert-OH is 1. The highest BCUT2D eigenvalue weighted by Gasteiger charge is 2.23. The molecule has 12 nitrogen and oxygen atoms in total. The molecule has 2 aromatic heterocycles. The highest BCUT2D eigenvalue weighted by atomic mass is 16.6. The summed E-state index contributed by atoms with van der Waals surface area (Å²) in [4.78, 5) is 33.5. The Kier molecular flexibility index (Phi) is 28.6. The lowest BCUT2D eigenvalue weighted by molar-refractivity contribution is -0.122. The van der Waals surface area contributed by atoms with Crippen molar-refractivity contribution in [1.82, 2.24) is 25.9 Å². The summed E-state index contributed by atoms with van der Waals surface area (Å²) in [6.45, 7) is 3.43. The van der Waals surface area contributed by atoms with E-state index < -0.39 is 6.10 Å². The van der Waals surface area contributed by atoms with E-state index in [4.69, 9.17) is 19.9 Å². The summed E-state index contributed by atoms with van der Waals surface area (Å²) in [5.41, 5.74) is 12.8. The second-order valence-electron chi connectivity index (χ2n) is 21.5. The van der Waals surface area contributed by atoms with Crippen molar-refractivity contribution in [1.29, 1.82) is 0 Å². The number of hydrogen-bond acceptors (Lipinski definition) is 10. The van der Waals surface area contributed by atoms with Gasteiger partial charge in [0.1, 0.15) is 36.9 Å². The summed E-state index contributed by atoms with van der Waals surface area (Å²) in [5.74, 6) is 1.89. The molecule has 0 aliphatic carbocycles. The van der Waals surface area contributed by atoms with E-state index in [1.54, 1.807) is 12.4 Å². The van der Waals surface area contributed by atoms with Gasteiger partial charge in [-0.25, -0.2) is 0 Å². The Morgan fingerprint density at radius 2 is 0.940 bits per heavy atom. The number of aliphatic hydroxyl groups is 1. The number of carbonyl (C=O) groups is 2. The van der Waals surface area contributed by atoms with E-state index in [9.17, 15) is 14.7 Å². The number of benzene rings is 6. The summed E-state index contributed by atoms with van der Waals surface area (Å²) >= 11 is 0. The predicted molar refractivity (Wildman–Crippen MR) is 337 cm³/mol. The van der Waals surface area contributed by atoms with Crippen molar-refractivity contribution < 1.29 is 28.9 Å². The maximum atomic E-state index is 12.8. The lowest BCUT2D eigenvalue weighted by atomic mass is 9.99. The molecule has 1 saturated heterocycles. The molecule has 12 heteroatoms. The molecule has 0 saturated carbocycles. The average molecular weight is 1120 g/mol. The summed E-state index contributed by atoms with van der Waals surface area (Å²) in [7, 11) is 0. The maximum Gasteiger partial charge on any atom is 0.220 e. The topological polar surface area (TPSA) is 173 Å². The molecule has 1 fully saturated rings. The first-order valence-electron chi connectivity index (χ1n) is 30.3. The zero-order valence-corrected chi connectivity index (χ0v) is 48.5. The molecule has 0 bridgehead atoms. The minimum absolute atomic E-state index is 0.137. The molecule has 6 N–H and O–H groups in total. The van der Waals surface area contributed by atoms with Gasteiger partial charge >= 0.3 is 0 Å². The normalized spacial score (nSPS) is 12.9. The number of aromatic nitrogens is 2. The fraction of sp³-hybridized carbons (Fsp3) is 0.380. The van der Waals surface area contributed by atoms with Gasteiger partial charge in [0.2, 0.25) is 11.8 Å². The van der Waals surface area contributed by atoms with Gasteiger partial charge < -0.3 is 41.0 Å². The fourth-order valence-electron chi connectivity index (χ4n) is 10.0. The van der Waals surface area contributed by atoms with Gasteiger partial charge in [-0.3, -0.25) is 19.6 Å². The van der Waals surface area contributed by atoms with Crippen LogP contribution in [0.15, 0.2) is 194 Å². The van der Waals surface area contributed by atoms with Crippen molar-refractivity contribution in [2.75, 3.05) is 39.5 Å². The highest BCUT2D eigenvalue weighted by molar-refractivity contribution is 5.85. The van der Waals surface area contributed by atoms with Crippen molar-refractivity contribution in [2.45, 2.75) is 133 Å². The molecule has 83 heavy (non-hydrogen) atoms. The zero-order chi connectivity index (χ0) is 57.8. The third-order valence-electron chi connectivity index (χ3n) is 14.6. The summed E-state index contributed by atoms with van der Waals surface area (Å²) in [5, 5.41) is 22.2. The van der Waals surface area contributed by atoms with Crippen LogP contribution in [0.1, 0.15) is 106 Å². The van der Waals surface area contributed by atoms with Crippen molar-refractivity contribution in [3.63, 3.8) is 0 Å². The first-order chi connectivity index (χ1) is 40.9. The third-order valence-corrected chi connectivity index (χ3v) is 14.6. The number of amides is 2. The number of rotatable bonds is 34. The smallest absolute Gasteiger partial charge is 0.220 e. The van der Waals surface area contributed by atoms with Crippen LogP contribution in [0.4, 0.5) is 0 Å². The number of nitrogens with one attached hydrogen (secondary N) is 3. The molecular weight excluding hydrogens is 1030 g/mol. The van der Waals surface area contributed by atoms with Crippen molar-refractivity contribution in [3.05, 3.63) is 217 Å². The van der Waals surface area contributed by atoms with Crippen LogP contribution in [0.25, 0.3) is 21.8 Å². The fourth-order valence-corrected chi connectivity index (χ4v) is 10.0. The van der Waals surface area contributed by atoms with Crippen LogP contribution in [0, 0.1) is 0 Å². The Hall–Kier alpha value is -7.48. The number of nitrogens with zero attached hydrogens (tertiary/aromatic N) is 2. The molecule has 0 radical (unpaired) electrons. The molecule has 9 rings (SSSR count). The van der Waals surface area contributed by atoms with E-state index in [0.29, 0.717) is 32.5 Å². The van der Waals surface area contributed by atoms with Crippen LogP contribution in [0.2, 0.25) is 0 Å². The van der Waals surface area contributed by atoms with Gasteiger partial charge in [0.05, 0.1) is 17.6 Å². The standard InChI is InChI=1S/C36H45N3O3.C23H32N2O.C12H11NO2/c40-32(28-42-35-23-11-22-34-33(35)21-12-26-38-34)27-37-25-8-7-24-36(41)39-31(19-9-17-29-13-3-1-4-14-29)20-10-18-30-15-5-2-6-16-30;24-19-9-18-23(26)25-22(16-7-14-20-10-3-1-4-11-20)17-8-15-21-12-5-2-6-13-21;1-4-11-10(3-2-6-13-11)12(5-1)15-8-9-7-14-9/h1-6,11-16,21-23,26,31-32,37,40H,7-10,17-20,24-25,27-28H2,(H,39,41);1-6,10-13,22H,7-9,14-19,24H2,(H,25,26);1-6,9H,7-8H2/t32-;;9-/m1.0/s1. The van der Waals surface area contributed by atoms with Gasteiger partial charge in [0.25, 0.3) is 0 Å². The number of carbonyl (C=O) groups excluding carboxylic acids is 2. The van der Waals surface area contributed by atoms with Gasteiger partial charge in [-0.2, -0.15) is 0 Å². The van der Waals surface area contributed by atoms with Crippen molar-refractivity contribution in [2.24, 2.45) is 5.73 Å². The number of aryl methyl sites for hydroxylation is 4. The number of pyridine rings is 2. The Balaban J connectivity index is 0.000000203. The maximum absolute atomic E-state index is 12.8. The molecule has 8 aromatic rings. The largest absolute Gasteiger partial charge is 0.490 e. The number of unbranched alkanes of at least 4 members (excludes halogenated alkanes) is 1. The first-order valence-corrected chi connectivity index (χ1v) is 30.3. The lowest BCUT2D eigenvalue weighted by Crippen LogP contribution is -2.35. The Bertz CT molecular complexity index is 2920. The lowest BCUT2D eigenvalue weighted by Gasteiger charge is -2.19. The quantitative estimate of drug-likeness (QED) is 0.0193. The minimum Gasteiger partial charge on any atom is -0.490 e. The summed E-state index contributed by atoms with van der Waals surface area (Å²) < 4.78 is 16.6. The van der Waals surface area contributed by atoms with E-state index >= 15 is 0 Å². The Morgan fingerprint density at radius 3 is 1.36 bits per heavy atom. The summed E-state index contributed by atoms with van der Waals surface area (Å²) in [6, 6.07) is 62.1. The summed E-state index contributed by atoms with van der Waals surface area (Å²) in [6.07, 6.45) is 19.3. The molecule has 3 heterocycles. The van der Waals surface area contributed by atoms with Crippen LogP contribution >= 0.6 is 0 Å². The number of epoxide rings is 1. The van der Waals surface area contributed by atoms with Crippen molar-refractivity contribution >= 4 is 33.6 Å². The minimum atomic E-state index is -0.618. The Labute approximate surface area is 493 Å². The monoisotopic (exact) mass is 1120 g/mol. The number of fused-ring (bicyclic) bond motifs is 2. The van der Waals surface area contributed by atoms with Gasteiger partial charge in [-0.15, -0.1) is 0 Å². The molecule has 1 aliphatic rings. The molecule has 1 aliphatic heterocycles. The highest BCUT2D eigenvalue weighted by Crippen LogP contribution is 2.26. The third kappa shape index (κ3) is 25.3. The number of ether oxygens (including phenoxy) is 3. The second-order valence-corrected chi connectivity index (χ2v) is 21.5. The molecule has 2 amide bonds. The van der Waals surface area contributed by atoms with Gasteiger partial charge in [-0.1, -0.05) is 133 Å². The molecule has 0 unspecified atom stereocenters.